The van der Waals surface area contributed by atoms with E-state index in [9.17, 15) is 9.59 Å². The first-order valence-corrected chi connectivity index (χ1v) is 5.56. The molecule has 0 saturated heterocycles. The molecule has 5 heteroatoms. The summed E-state index contributed by atoms with van der Waals surface area (Å²) in [6.07, 6.45) is 2.39. The standard InChI is InChI=1S/C13H10ClNO3/c1-18-13(17)11-5-4-9(14)7-12(11)15-6-2-3-10(15)8-16/h2-8H,1H3. The minimum Gasteiger partial charge on any atom is -0.465 e. The molecule has 1 aromatic heterocycles. The van der Waals surface area contributed by atoms with Crippen LogP contribution in [0.15, 0.2) is 36.5 Å². The van der Waals surface area contributed by atoms with Crippen molar-refractivity contribution in [2.75, 3.05) is 7.11 Å². The summed E-state index contributed by atoms with van der Waals surface area (Å²) in [6, 6.07) is 8.14. The predicted octanol–water partition coefficient (Wildman–Crippen LogP) is 2.73. The normalized spacial score (nSPS) is 10.1. The number of aromatic nitrogens is 1. The van der Waals surface area contributed by atoms with Gasteiger partial charge in [0, 0.05) is 11.2 Å². The number of aldehydes is 1. The van der Waals surface area contributed by atoms with Crippen LogP contribution in [0.2, 0.25) is 5.02 Å². The molecule has 18 heavy (non-hydrogen) atoms. The van der Waals surface area contributed by atoms with Crippen LogP contribution in [0.1, 0.15) is 20.8 Å². The van der Waals surface area contributed by atoms with Gasteiger partial charge >= 0.3 is 5.97 Å². The van der Waals surface area contributed by atoms with Crippen molar-refractivity contribution in [3.63, 3.8) is 0 Å². The van der Waals surface area contributed by atoms with Crippen LogP contribution in [-0.2, 0) is 4.74 Å². The molecule has 4 nitrogen and oxygen atoms in total. The van der Waals surface area contributed by atoms with Crippen LogP contribution in [0, 0.1) is 0 Å². The lowest BCUT2D eigenvalue weighted by molar-refractivity contribution is 0.0600. The first kappa shape index (κ1) is 12.4. The highest BCUT2D eigenvalue weighted by atomic mass is 35.5. The maximum atomic E-state index is 11.7. The van der Waals surface area contributed by atoms with Crippen molar-refractivity contribution in [2.24, 2.45) is 0 Å². The summed E-state index contributed by atoms with van der Waals surface area (Å²) < 4.78 is 6.29. The fourth-order valence-corrected chi connectivity index (χ4v) is 1.86. The van der Waals surface area contributed by atoms with Crippen LogP contribution in [0.5, 0.6) is 0 Å². The van der Waals surface area contributed by atoms with E-state index in [0.717, 1.165) is 0 Å². The maximum absolute atomic E-state index is 11.7. The Morgan fingerprint density at radius 2 is 2.17 bits per heavy atom. The van der Waals surface area contributed by atoms with Crippen LogP contribution in [0.3, 0.4) is 0 Å². The molecular weight excluding hydrogens is 254 g/mol. The van der Waals surface area contributed by atoms with Crippen molar-refractivity contribution in [1.29, 1.82) is 0 Å². The van der Waals surface area contributed by atoms with E-state index < -0.39 is 5.97 Å². The van der Waals surface area contributed by atoms with Crippen molar-refractivity contribution in [2.45, 2.75) is 0 Å². The molecule has 0 aliphatic heterocycles. The fraction of sp³-hybridized carbons (Fsp3) is 0.0769. The lowest BCUT2D eigenvalue weighted by Crippen LogP contribution is -2.08. The van der Waals surface area contributed by atoms with Gasteiger partial charge in [-0.05, 0) is 30.3 Å². The van der Waals surface area contributed by atoms with E-state index in [0.29, 0.717) is 28.3 Å². The van der Waals surface area contributed by atoms with Gasteiger partial charge in [-0.1, -0.05) is 11.6 Å². The van der Waals surface area contributed by atoms with Crippen molar-refractivity contribution in [3.05, 3.63) is 52.8 Å². The third-order valence-electron chi connectivity index (χ3n) is 2.53. The third-order valence-corrected chi connectivity index (χ3v) is 2.76. The highest BCUT2D eigenvalue weighted by molar-refractivity contribution is 6.31. The zero-order chi connectivity index (χ0) is 13.1. The smallest absolute Gasteiger partial charge is 0.339 e. The van der Waals surface area contributed by atoms with Crippen LogP contribution >= 0.6 is 11.6 Å². The van der Waals surface area contributed by atoms with Crippen LogP contribution < -0.4 is 0 Å². The largest absolute Gasteiger partial charge is 0.465 e. The zero-order valence-corrected chi connectivity index (χ0v) is 10.3. The minimum absolute atomic E-state index is 0.348. The van der Waals surface area contributed by atoms with Crippen LogP contribution in [0.25, 0.3) is 5.69 Å². The van der Waals surface area contributed by atoms with E-state index in [4.69, 9.17) is 16.3 Å². The topological polar surface area (TPSA) is 48.3 Å². The SMILES string of the molecule is COC(=O)c1ccc(Cl)cc1-n1cccc1C=O. The summed E-state index contributed by atoms with van der Waals surface area (Å²) in [7, 11) is 1.30. The number of nitrogens with zero attached hydrogens (tertiary/aromatic N) is 1. The first-order chi connectivity index (χ1) is 8.67. The molecule has 0 amide bonds. The average Bonchev–Trinajstić information content (AvgIpc) is 2.85. The fourth-order valence-electron chi connectivity index (χ4n) is 1.70. The lowest BCUT2D eigenvalue weighted by atomic mass is 10.1. The van der Waals surface area contributed by atoms with Gasteiger partial charge in [0.1, 0.15) is 0 Å². The Kier molecular flexibility index (Phi) is 3.48. The predicted molar refractivity (Wildman–Crippen MR) is 67.5 cm³/mol. The Bertz CT molecular complexity index is 604. The minimum atomic E-state index is -0.479. The number of hydrogen-bond acceptors (Lipinski definition) is 3. The van der Waals surface area contributed by atoms with E-state index in [1.807, 2.05) is 0 Å². The number of carbonyl (C=O) groups is 2. The van der Waals surface area contributed by atoms with E-state index >= 15 is 0 Å². The molecule has 0 fully saturated rings. The van der Waals surface area contributed by atoms with Crippen molar-refractivity contribution < 1.29 is 14.3 Å². The molecule has 0 N–H and O–H groups in total. The van der Waals surface area contributed by atoms with Gasteiger partial charge in [-0.25, -0.2) is 4.79 Å². The quantitative estimate of drug-likeness (QED) is 0.632. The molecule has 0 spiro atoms. The van der Waals surface area contributed by atoms with E-state index in [1.165, 1.54) is 7.11 Å². The van der Waals surface area contributed by atoms with Gasteiger partial charge in [0.2, 0.25) is 0 Å². The van der Waals surface area contributed by atoms with Crippen molar-refractivity contribution in [3.8, 4) is 5.69 Å². The number of esters is 1. The monoisotopic (exact) mass is 263 g/mol. The molecule has 2 aromatic rings. The molecule has 0 unspecified atom stereocenters. The van der Waals surface area contributed by atoms with E-state index in [1.54, 1.807) is 41.1 Å². The van der Waals surface area contributed by atoms with E-state index in [2.05, 4.69) is 0 Å². The Hall–Kier alpha value is -2.07. The Labute approximate surface area is 109 Å². The molecule has 0 aliphatic rings. The molecule has 0 atom stereocenters. The zero-order valence-electron chi connectivity index (χ0n) is 9.59. The van der Waals surface area contributed by atoms with E-state index in [-0.39, 0.29) is 0 Å². The maximum Gasteiger partial charge on any atom is 0.339 e. The van der Waals surface area contributed by atoms with Crippen LogP contribution in [0.4, 0.5) is 0 Å². The molecule has 0 aliphatic carbocycles. The summed E-state index contributed by atoms with van der Waals surface area (Å²) in [5.41, 5.74) is 1.30. The number of methoxy groups -OCH3 is 1. The molecule has 1 aromatic carbocycles. The highest BCUT2D eigenvalue weighted by Crippen LogP contribution is 2.22. The number of rotatable bonds is 3. The second kappa shape index (κ2) is 5.06. The Morgan fingerprint density at radius 3 is 2.83 bits per heavy atom. The molecule has 92 valence electrons. The number of benzene rings is 1. The van der Waals surface area contributed by atoms with Gasteiger partial charge in [-0.3, -0.25) is 4.79 Å². The third kappa shape index (κ3) is 2.15. The molecule has 0 bridgehead atoms. The van der Waals surface area contributed by atoms with Crippen LogP contribution in [-0.4, -0.2) is 23.9 Å². The van der Waals surface area contributed by atoms with Gasteiger partial charge in [-0.15, -0.1) is 0 Å². The summed E-state index contributed by atoms with van der Waals surface area (Å²) in [5.74, 6) is -0.479. The number of carbonyl (C=O) groups excluding carboxylic acids is 2. The molecular formula is C13H10ClNO3. The summed E-state index contributed by atoms with van der Waals surface area (Å²) in [4.78, 5) is 22.6. The second-order valence-electron chi connectivity index (χ2n) is 3.57. The van der Waals surface area contributed by atoms with Gasteiger partial charge in [-0.2, -0.15) is 0 Å². The summed E-state index contributed by atoms with van der Waals surface area (Å²) >= 11 is 5.92. The Balaban J connectivity index is 2.65. The van der Waals surface area contributed by atoms with Gasteiger partial charge in [0.25, 0.3) is 0 Å². The molecule has 0 radical (unpaired) electrons. The summed E-state index contributed by atoms with van der Waals surface area (Å²) in [5, 5.41) is 0.475. The molecule has 0 saturated carbocycles. The molecule has 2 rings (SSSR count). The van der Waals surface area contributed by atoms with Crippen molar-refractivity contribution in [1.82, 2.24) is 4.57 Å². The lowest BCUT2D eigenvalue weighted by Gasteiger charge is -2.11. The Morgan fingerprint density at radius 1 is 1.39 bits per heavy atom. The summed E-state index contributed by atoms with van der Waals surface area (Å²) in [6.45, 7) is 0. The van der Waals surface area contributed by atoms with Gasteiger partial charge in [0.15, 0.2) is 6.29 Å². The van der Waals surface area contributed by atoms with Gasteiger partial charge < -0.3 is 9.30 Å². The van der Waals surface area contributed by atoms with Crippen molar-refractivity contribution >= 4 is 23.9 Å². The highest BCUT2D eigenvalue weighted by Gasteiger charge is 2.15. The number of halogens is 1. The van der Waals surface area contributed by atoms with Gasteiger partial charge in [0.05, 0.1) is 24.1 Å². The number of hydrogen-bond donors (Lipinski definition) is 0. The number of ether oxygens (including phenoxy) is 1. The first-order valence-electron chi connectivity index (χ1n) is 5.18. The average molecular weight is 264 g/mol. The second-order valence-corrected chi connectivity index (χ2v) is 4.01. The molecule has 1 heterocycles.